The topological polar surface area (TPSA) is 69.6 Å². The third-order valence-corrected chi connectivity index (χ3v) is 3.58. The van der Waals surface area contributed by atoms with E-state index >= 15 is 0 Å². The van der Waals surface area contributed by atoms with Gasteiger partial charge in [0.25, 0.3) is 0 Å². The summed E-state index contributed by atoms with van der Waals surface area (Å²) in [6.07, 6.45) is 2.89. The number of anilines is 1. The Balaban J connectivity index is 1.94. The number of rotatable bonds is 5. The van der Waals surface area contributed by atoms with E-state index in [1.54, 1.807) is 0 Å². The predicted octanol–water partition coefficient (Wildman–Crippen LogP) is 2.38. The van der Waals surface area contributed by atoms with E-state index in [0.29, 0.717) is 11.2 Å². The van der Waals surface area contributed by atoms with E-state index in [2.05, 4.69) is 33.6 Å². The molecule has 0 aliphatic heterocycles. The summed E-state index contributed by atoms with van der Waals surface area (Å²) in [7, 11) is 0. The maximum absolute atomic E-state index is 5.61. The zero-order chi connectivity index (χ0) is 13.1. The molecule has 0 fully saturated rings. The van der Waals surface area contributed by atoms with Crippen molar-refractivity contribution in [3.63, 3.8) is 0 Å². The first-order chi connectivity index (χ1) is 8.58. The van der Waals surface area contributed by atoms with E-state index < -0.39 is 0 Å². The molecule has 0 aliphatic rings. The van der Waals surface area contributed by atoms with E-state index in [9.17, 15) is 0 Å². The van der Waals surface area contributed by atoms with E-state index in [0.717, 1.165) is 36.6 Å². The molecule has 0 aromatic carbocycles. The molecule has 2 aromatic heterocycles. The zero-order valence-corrected chi connectivity index (χ0v) is 11.9. The molecular weight excluding hydrogens is 246 g/mol. The highest BCUT2D eigenvalue weighted by Crippen LogP contribution is 2.15. The van der Waals surface area contributed by atoms with E-state index in [1.165, 1.54) is 11.3 Å². The number of nitrogens with zero attached hydrogens (tertiary/aromatic N) is 4. The molecule has 5 nitrogen and oxygen atoms in total. The summed E-state index contributed by atoms with van der Waals surface area (Å²) < 4.78 is 2.19. The van der Waals surface area contributed by atoms with Crippen LogP contribution in [0.2, 0.25) is 0 Å². The highest BCUT2D eigenvalue weighted by atomic mass is 32.1. The van der Waals surface area contributed by atoms with Gasteiger partial charge in [0.2, 0.25) is 0 Å². The van der Waals surface area contributed by atoms with Gasteiger partial charge in [-0.15, -0.1) is 21.5 Å². The lowest BCUT2D eigenvalue weighted by atomic mass is 10.2. The van der Waals surface area contributed by atoms with Gasteiger partial charge in [0, 0.05) is 17.8 Å². The van der Waals surface area contributed by atoms with Crippen LogP contribution in [0.4, 0.5) is 5.13 Å². The van der Waals surface area contributed by atoms with Gasteiger partial charge in [-0.1, -0.05) is 0 Å². The van der Waals surface area contributed by atoms with Gasteiger partial charge in [-0.2, -0.15) is 0 Å². The molecule has 0 atom stereocenters. The van der Waals surface area contributed by atoms with Crippen LogP contribution in [-0.4, -0.2) is 19.7 Å². The first-order valence-electron chi connectivity index (χ1n) is 6.18. The number of nitrogens with two attached hydrogens (primary N) is 1. The maximum Gasteiger partial charge on any atom is 0.180 e. The van der Waals surface area contributed by atoms with Gasteiger partial charge in [0.05, 0.1) is 5.69 Å². The molecule has 0 spiro atoms. The smallest absolute Gasteiger partial charge is 0.180 e. The van der Waals surface area contributed by atoms with Crippen LogP contribution in [0.25, 0.3) is 0 Å². The van der Waals surface area contributed by atoms with Crippen molar-refractivity contribution in [1.82, 2.24) is 19.7 Å². The Hall–Kier alpha value is -1.43. The van der Waals surface area contributed by atoms with Crippen molar-refractivity contribution in [1.29, 1.82) is 0 Å². The first kappa shape index (κ1) is 13.0. The Morgan fingerprint density at radius 3 is 2.72 bits per heavy atom. The molecule has 18 heavy (non-hydrogen) atoms. The highest BCUT2D eigenvalue weighted by molar-refractivity contribution is 7.13. The van der Waals surface area contributed by atoms with Crippen molar-refractivity contribution in [2.24, 2.45) is 0 Å². The lowest BCUT2D eigenvalue weighted by molar-refractivity contribution is 0.547. The zero-order valence-electron chi connectivity index (χ0n) is 11.1. The Kier molecular flexibility index (Phi) is 3.96. The second kappa shape index (κ2) is 5.48. The Morgan fingerprint density at radius 1 is 1.33 bits per heavy atom. The standard InChI is InChI=1S/C12H19N5S/c1-8(2)17-9(3)15-16-11(17)6-4-5-10-7-18-12(13)14-10/h7-8H,4-6H2,1-3H3,(H2,13,14). The average Bonchev–Trinajstić information content (AvgIpc) is 2.86. The van der Waals surface area contributed by atoms with Gasteiger partial charge in [-0.3, -0.25) is 0 Å². The van der Waals surface area contributed by atoms with Gasteiger partial charge in [-0.25, -0.2) is 4.98 Å². The van der Waals surface area contributed by atoms with Crippen LogP contribution in [0.15, 0.2) is 5.38 Å². The Labute approximate surface area is 111 Å². The molecule has 0 amide bonds. The Morgan fingerprint density at radius 2 is 2.11 bits per heavy atom. The molecule has 2 N–H and O–H groups in total. The minimum Gasteiger partial charge on any atom is -0.375 e. The second-order valence-corrected chi connectivity index (χ2v) is 5.55. The summed E-state index contributed by atoms with van der Waals surface area (Å²) in [5.41, 5.74) is 6.68. The van der Waals surface area contributed by atoms with Crippen LogP contribution in [0.5, 0.6) is 0 Å². The maximum atomic E-state index is 5.61. The molecule has 98 valence electrons. The molecule has 0 bridgehead atoms. The largest absolute Gasteiger partial charge is 0.375 e. The van der Waals surface area contributed by atoms with Gasteiger partial charge in [-0.05, 0) is 33.6 Å². The van der Waals surface area contributed by atoms with Crippen LogP contribution in [-0.2, 0) is 12.8 Å². The molecule has 0 unspecified atom stereocenters. The first-order valence-corrected chi connectivity index (χ1v) is 7.06. The molecule has 2 aromatic rings. The third-order valence-electron chi connectivity index (χ3n) is 2.86. The molecular formula is C12H19N5S. The molecule has 6 heteroatoms. The van der Waals surface area contributed by atoms with E-state index in [-0.39, 0.29) is 0 Å². The van der Waals surface area contributed by atoms with Crippen LogP contribution < -0.4 is 5.73 Å². The molecule has 0 radical (unpaired) electrons. The molecule has 2 heterocycles. The summed E-state index contributed by atoms with van der Waals surface area (Å²) in [6.45, 7) is 6.31. The SMILES string of the molecule is Cc1nnc(CCCc2csc(N)n2)n1C(C)C. The van der Waals surface area contributed by atoms with Gasteiger partial charge in [0.15, 0.2) is 5.13 Å². The van der Waals surface area contributed by atoms with Gasteiger partial charge in [0.1, 0.15) is 11.6 Å². The van der Waals surface area contributed by atoms with Crippen LogP contribution in [0.1, 0.15) is 43.7 Å². The molecule has 0 aliphatic carbocycles. The van der Waals surface area contributed by atoms with Crippen molar-refractivity contribution in [2.75, 3.05) is 5.73 Å². The van der Waals surface area contributed by atoms with Crippen molar-refractivity contribution in [3.8, 4) is 0 Å². The van der Waals surface area contributed by atoms with Crippen molar-refractivity contribution < 1.29 is 0 Å². The highest BCUT2D eigenvalue weighted by Gasteiger charge is 2.11. The lowest BCUT2D eigenvalue weighted by Gasteiger charge is -2.11. The number of thiazole rings is 1. The third kappa shape index (κ3) is 2.87. The van der Waals surface area contributed by atoms with Crippen molar-refractivity contribution in [2.45, 2.75) is 46.1 Å². The van der Waals surface area contributed by atoms with Crippen LogP contribution >= 0.6 is 11.3 Å². The number of aromatic nitrogens is 4. The predicted molar refractivity (Wildman–Crippen MR) is 73.7 cm³/mol. The lowest BCUT2D eigenvalue weighted by Crippen LogP contribution is -2.08. The summed E-state index contributed by atoms with van der Waals surface area (Å²) in [6, 6.07) is 0.407. The number of hydrogen-bond acceptors (Lipinski definition) is 5. The second-order valence-electron chi connectivity index (χ2n) is 4.66. The summed E-state index contributed by atoms with van der Waals surface area (Å²) in [5.74, 6) is 2.05. The molecule has 0 saturated heterocycles. The fourth-order valence-corrected chi connectivity index (χ4v) is 2.72. The van der Waals surface area contributed by atoms with Gasteiger partial charge < -0.3 is 10.3 Å². The Bertz CT molecular complexity index is 514. The summed E-state index contributed by atoms with van der Waals surface area (Å²) in [4.78, 5) is 4.26. The number of nitrogen functional groups attached to an aromatic ring is 1. The quantitative estimate of drug-likeness (QED) is 0.901. The minimum absolute atomic E-state index is 0.407. The molecule has 0 saturated carbocycles. The summed E-state index contributed by atoms with van der Waals surface area (Å²) >= 11 is 1.50. The van der Waals surface area contributed by atoms with Crippen LogP contribution in [0.3, 0.4) is 0 Å². The number of hydrogen-bond donors (Lipinski definition) is 1. The fourth-order valence-electron chi connectivity index (χ4n) is 2.12. The average molecular weight is 265 g/mol. The van der Waals surface area contributed by atoms with Crippen LogP contribution in [0, 0.1) is 6.92 Å². The number of aryl methyl sites for hydroxylation is 3. The van der Waals surface area contributed by atoms with Crippen molar-refractivity contribution in [3.05, 3.63) is 22.7 Å². The minimum atomic E-state index is 0.407. The normalized spacial score (nSPS) is 11.3. The van der Waals surface area contributed by atoms with Crippen molar-refractivity contribution >= 4 is 16.5 Å². The monoisotopic (exact) mass is 265 g/mol. The van der Waals surface area contributed by atoms with E-state index in [1.807, 2.05) is 12.3 Å². The fraction of sp³-hybridized carbons (Fsp3) is 0.583. The molecule has 2 rings (SSSR count). The summed E-state index contributed by atoms with van der Waals surface area (Å²) in [5, 5.41) is 11.1. The van der Waals surface area contributed by atoms with Gasteiger partial charge >= 0.3 is 0 Å². The van der Waals surface area contributed by atoms with E-state index in [4.69, 9.17) is 5.73 Å².